The number of hydrogen-bond acceptors (Lipinski definition) is 6. The Kier molecular flexibility index (Phi) is 6.51. The van der Waals surface area contributed by atoms with E-state index in [0.717, 1.165) is 0 Å². The number of likely N-dealkylation sites (tertiary alicyclic amines) is 1. The summed E-state index contributed by atoms with van der Waals surface area (Å²) in [5.41, 5.74) is -0.409. The Hall–Kier alpha value is -2.51. The average molecular weight is 378 g/mol. The maximum absolute atomic E-state index is 12.1. The lowest BCUT2D eigenvalue weighted by atomic mass is 9.93. The minimum absolute atomic E-state index is 0. The van der Waals surface area contributed by atoms with Crippen molar-refractivity contribution >= 4 is 29.3 Å². The lowest BCUT2D eigenvalue weighted by Gasteiger charge is -2.33. The van der Waals surface area contributed by atoms with Gasteiger partial charge in [-0.05, 0) is 52.2 Å². The Morgan fingerprint density at radius 3 is 2.37 bits per heavy atom. The second-order valence-corrected chi connectivity index (χ2v) is 7.97. The summed E-state index contributed by atoms with van der Waals surface area (Å²) in [4.78, 5) is 36.9. The lowest BCUT2D eigenvalue weighted by molar-refractivity contribution is -0.161. The molecule has 2 amide bonds. The molecular weight excluding hydrogens is 348 g/mol. The largest absolute Gasteiger partial charge is 0.460 e. The predicted molar refractivity (Wildman–Crippen MR) is 103 cm³/mol. The van der Waals surface area contributed by atoms with Gasteiger partial charge in [0.25, 0.3) is 0 Å². The van der Waals surface area contributed by atoms with Crippen LogP contribution in [0.5, 0.6) is 0 Å². The van der Waals surface area contributed by atoms with Gasteiger partial charge in [0, 0.05) is 26.6 Å². The van der Waals surface area contributed by atoms with Gasteiger partial charge in [0.2, 0.25) is 11.8 Å². The molecule has 27 heavy (non-hydrogen) atoms. The molecule has 8 nitrogen and oxygen atoms in total. The number of piperidine rings is 2. The summed E-state index contributed by atoms with van der Waals surface area (Å²) >= 11 is 0. The molecule has 2 aliphatic rings. The number of amides is 2. The van der Waals surface area contributed by atoms with E-state index < -0.39 is 17.4 Å². The number of imide groups is 1. The number of nitrogens with zero attached hydrogens (tertiary/aromatic N) is 1. The zero-order valence-electron chi connectivity index (χ0n) is 16.1. The predicted octanol–water partition coefficient (Wildman–Crippen LogP) is 1.89. The number of amidine groups is 1. The van der Waals surface area contributed by atoms with Gasteiger partial charge in [-0.15, -0.1) is 0 Å². The van der Waals surface area contributed by atoms with E-state index in [1.54, 1.807) is 0 Å². The lowest BCUT2D eigenvalue weighted by Crippen LogP contribution is -2.43. The number of allylic oxidation sites excluding steroid dienone is 1. The number of ether oxygens (including phenoxy) is 1. The number of esters is 1. The zero-order valence-corrected chi connectivity index (χ0v) is 16.1. The summed E-state index contributed by atoms with van der Waals surface area (Å²) in [6, 6.07) is 0. The van der Waals surface area contributed by atoms with Gasteiger partial charge in [-0.1, -0.05) is 0 Å². The van der Waals surface area contributed by atoms with Crippen LogP contribution in [0.2, 0.25) is 0 Å². The van der Waals surface area contributed by atoms with Gasteiger partial charge in [-0.3, -0.25) is 25.1 Å². The molecule has 2 saturated heterocycles. The van der Waals surface area contributed by atoms with Crippen LogP contribution in [0.4, 0.5) is 0 Å². The Morgan fingerprint density at radius 1 is 1.19 bits per heavy atom. The highest BCUT2D eigenvalue weighted by Gasteiger charge is 2.30. The molecule has 3 N–H and O–H groups in total. The van der Waals surface area contributed by atoms with E-state index in [2.05, 4.69) is 5.32 Å². The maximum Gasteiger partial charge on any atom is 0.309 e. The fourth-order valence-electron chi connectivity index (χ4n) is 3.12. The van der Waals surface area contributed by atoms with E-state index in [0.29, 0.717) is 32.4 Å². The second kappa shape index (κ2) is 8.45. The van der Waals surface area contributed by atoms with Gasteiger partial charge in [-0.25, -0.2) is 0 Å². The van der Waals surface area contributed by atoms with Gasteiger partial charge in [0.05, 0.1) is 11.8 Å². The summed E-state index contributed by atoms with van der Waals surface area (Å²) in [7, 11) is 0. The highest BCUT2D eigenvalue weighted by Crippen LogP contribution is 2.22. The van der Waals surface area contributed by atoms with Crippen LogP contribution in [0.1, 0.15) is 47.9 Å². The Bertz CT molecular complexity index is 676. The molecule has 8 heteroatoms. The van der Waals surface area contributed by atoms with Crippen molar-refractivity contribution < 1.29 is 20.5 Å². The summed E-state index contributed by atoms with van der Waals surface area (Å²) in [5, 5.41) is 18.4. The van der Waals surface area contributed by atoms with Crippen molar-refractivity contribution in [3.8, 4) is 0 Å². The number of nitrogens with one attached hydrogen (secondary N) is 3. The SMILES string of the molecule is CC(C)(C)OC(=O)C1CCN(C(=N)/C=C\C(=N)C2CCC(=O)NC2=O)CC1.[HH]. The van der Waals surface area contributed by atoms with Crippen molar-refractivity contribution in [3.05, 3.63) is 12.2 Å². The third-order valence-corrected chi connectivity index (χ3v) is 4.61. The molecule has 0 bridgehead atoms. The van der Waals surface area contributed by atoms with E-state index in [9.17, 15) is 14.4 Å². The van der Waals surface area contributed by atoms with E-state index in [1.807, 2.05) is 25.7 Å². The third-order valence-electron chi connectivity index (χ3n) is 4.61. The second-order valence-electron chi connectivity index (χ2n) is 7.97. The first-order valence-electron chi connectivity index (χ1n) is 9.23. The molecule has 2 fully saturated rings. The summed E-state index contributed by atoms with van der Waals surface area (Å²) < 4.78 is 5.42. The van der Waals surface area contributed by atoms with Crippen molar-refractivity contribution in [2.45, 2.75) is 52.1 Å². The zero-order chi connectivity index (χ0) is 20.2. The van der Waals surface area contributed by atoms with Crippen LogP contribution in [0.3, 0.4) is 0 Å². The molecule has 2 heterocycles. The molecule has 150 valence electrons. The molecule has 0 radical (unpaired) electrons. The number of carbonyl (C=O) groups is 3. The minimum Gasteiger partial charge on any atom is -0.460 e. The highest BCUT2D eigenvalue weighted by atomic mass is 16.6. The van der Waals surface area contributed by atoms with E-state index in [1.165, 1.54) is 12.2 Å². The fraction of sp³-hybridized carbons (Fsp3) is 0.632. The van der Waals surface area contributed by atoms with Crippen LogP contribution in [-0.4, -0.2) is 52.9 Å². The molecule has 0 aromatic rings. The summed E-state index contributed by atoms with van der Waals surface area (Å²) in [6.45, 7) is 6.67. The molecule has 0 aromatic heterocycles. The van der Waals surface area contributed by atoms with Crippen LogP contribution in [0.25, 0.3) is 0 Å². The van der Waals surface area contributed by atoms with Crippen molar-refractivity contribution in [1.29, 1.82) is 10.8 Å². The topological polar surface area (TPSA) is 123 Å². The van der Waals surface area contributed by atoms with Crippen LogP contribution >= 0.6 is 0 Å². The van der Waals surface area contributed by atoms with Crippen molar-refractivity contribution in [2.75, 3.05) is 13.1 Å². The molecule has 1 atom stereocenters. The number of carbonyl (C=O) groups excluding carboxylic acids is 3. The Morgan fingerprint density at radius 2 is 1.81 bits per heavy atom. The summed E-state index contributed by atoms with van der Waals surface area (Å²) in [6.07, 6.45) is 4.73. The Labute approximate surface area is 160 Å². The van der Waals surface area contributed by atoms with Crippen LogP contribution in [-0.2, 0) is 19.1 Å². The fourth-order valence-corrected chi connectivity index (χ4v) is 3.12. The molecule has 1 unspecified atom stereocenters. The van der Waals surface area contributed by atoms with Crippen molar-refractivity contribution in [3.63, 3.8) is 0 Å². The van der Waals surface area contributed by atoms with Gasteiger partial charge in [0.1, 0.15) is 11.4 Å². The van der Waals surface area contributed by atoms with Gasteiger partial charge < -0.3 is 15.0 Å². The van der Waals surface area contributed by atoms with Crippen LogP contribution in [0.15, 0.2) is 12.2 Å². The molecular formula is C19H30N4O4. The van der Waals surface area contributed by atoms with E-state index >= 15 is 0 Å². The molecule has 0 spiro atoms. The first-order valence-corrected chi connectivity index (χ1v) is 9.23. The first kappa shape index (κ1) is 20.8. The number of hydrogen-bond donors (Lipinski definition) is 3. The van der Waals surface area contributed by atoms with E-state index in [4.69, 9.17) is 15.6 Å². The maximum atomic E-state index is 12.1. The third kappa shape index (κ3) is 6.01. The monoisotopic (exact) mass is 378 g/mol. The standard InChI is InChI=1S/C19H28N4O4.H2/c1-19(2,3)27-18(26)12-8-10-23(11-9-12)15(21)6-5-14(20)13-4-7-16(24)22-17(13)25;/h5-6,12-13,20-21H,4,7-11H2,1-3H3,(H,22,24,25);1H/b6-5-,20-14?,21-15?;. The molecule has 2 aliphatic heterocycles. The molecule has 0 saturated carbocycles. The smallest absolute Gasteiger partial charge is 0.309 e. The summed E-state index contributed by atoms with van der Waals surface area (Å²) in [5.74, 6) is -1.51. The normalized spacial score (nSPS) is 21.9. The van der Waals surface area contributed by atoms with Crippen LogP contribution in [0, 0.1) is 22.7 Å². The highest BCUT2D eigenvalue weighted by molar-refractivity contribution is 6.14. The van der Waals surface area contributed by atoms with Crippen molar-refractivity contribution in [2.24, 2.45) is 11.8 Å². The van der Waals surface area contributed by atoms with Crippen LogP contribution < -0.4 is 5.32 Å². The first-order chi connectivity index (χ1) is 12.6. The number of rotatable bonds is 4. The van der Waals surface area contributed by atoms with Gasteiger partial charge >= 0.3 is 5.97 Å². The van der Waals surface area contributed by atoms with Crippen molar-refractivity contribution in [1.82, 2.24) is 10.2 Å². The molecule has 0 aromatic carbocycles. The Balaban J connectivity index is 0.00000392. The molecule has 2 rings (SSSR count). The van der Waals surface area contributed by atoms with Gasteiger partial charge in [-0.2, -0.15) is 0 Å². The average Bonchev–Trinajstić information content (AvgIpc) is 2.58. The van der Waals surface area contributed by atoms with E-state index in [-0.39, 0.29) is 37.2 Å². The van der Waals surface area contributed by atoms with Gasteiger partial charge in [0.15, 0.2) is 0 Å². The molecule has 0 aliphatic carbocycles. The quantitative estimate of drug-likeness (QED) is 0.298. The minimum atomic E-state index is -0.648.